The monoisotopic (exact) mass is 407 g/mol. The van der Waals surface area contributed by atoms with E-state index in [2.05, 4.69) is 15.3 Å². The molecule has 2 aromatic heterocycles. The van der Waals surface area contributed by atoms with Crippen LogP contribution >= 0.6 is 0 Å². The normalized spacial score (nSPS) is 15.7. The lowest BCUT2D eigenvalue weighted by Gasteiger charge is -2.28. The van der Waals surface area contributed by atoms with Gasteiger partial charge < -0.3 is 9.64 Å². The van der Waals surface area contributed by atoms with E-state index < -0.39 is 0 Å². The molecule has 0 bridgehead atoms. The van der Waals surface area contributed by atoms with E-state index in [9.17, 15) is 9.18 Å². The zero-order chi connectivity index (χ0) is 20.7. The Bertz CT molecular complexity index is 1090. The van der Waals surface area contributed by atoms with Crippen molar-refractivity contribution in [1.29, 1.82) is 0 Å². The standard InChI is InChI=1S/C22H22FN5O2/c1-14-20(28(26-25-14)18-7-5-17(23)6-8-18)13-30-21-9-4-16-12-27(11-10-19(16)24-21)22(29)15-2-3-15/h4-9,15H,2-3,10-13H2,1H3. The van der Waals surface area contributed by atoms with E-state index in [1.54, 1.807) is 16.8 Å². The number of pyridine rings is 1. The van der Waals surface area contributed by atoms with Gasteiger partial charge in [-0.2, -0.15) is 0 Å². The van der Waals surface area contributed by atoms with Gasteiger partial charge in [-0.3, -0.25) is 4.79 Å². The van der Waals surface area contributed by atoms with Gasteiger partial charge in [-0.1, -0.05) is 11.3 Å². The van der Waals surface area contributed by atoms with Crippen molar-refractivity contribution < 1.29 is 13.9 Å². The van der Waals surface area contributed by atoms with Gasteiger partial charge in [0.05, 0.1) is 17.1 Å². The van der Waals surface area contributed by atoms with Crippen molar-refractivity contribution in [2.75, 3.05) is 6.54 Å². The molecule has 1 amide bonds. The summed E-state index contributed by atoms with van der Waals surface area (Å²) in [6.07, 6.45) is 2.78. The fourth-order valence-corrected chi connectivity index (χ4v) is 3.73. The van der Waals surface area contributed by atoms with Crippen molar-refractivity contribution in [3.8, 4) is 11.6 Å². The van der Waals surface area contributed by atoms with Crippen molar-refractivity contribution in [3.63, 3.8) is 0 Å². The van der Waals surface area contributed by atoms with E-state index in [-0.39, 0.29) is 24.2 Å². The second kappa shape index (κ2) is 7.51. The Hall–Kier alpha value is -3.29. The molecule has 0 saturated heterocycles. The van der Waals surface area contributed by atoms with Crippen LogP contribution in [0.3, 0.4) is 0 Å². The number of benzene rings is 1. The van der Waals surface area contributed by atoms with Crippen LogP contribution in [0.15, 0.2) is 36.4 Å². The van der Waals surface area contributed by atoms with Crippen LogP contribution in [-0.2, 0) is 24.4 Å². The van der Waals surface area contributed by atoms with Gasteiger partial charge in [0.15, 0.2) is 0 Å². The van der Waals surface area contributed by atoms with E-state index in [0.29, 0.717) is 19.0 Å². The van der Waals surface area contributed by atoms with Crippen LogP contribution in [0.2, 0.25) is 0 Å². The third-order valence-corrected chi connectivity index (χ3v) is 5.65. The number of halogens is 1. The van der Waals surface area contributed by atoms with Crippen LogP contribution in [-0.4, -0.2) is 37.3 Å². The van der Waals surface area contributed by atoms with E-state index in [0.717, 1.165) is 47.6 Å². The largest absolute Gasteiger partial charge is 0.471 e. The maximum absolute atomic E-state index is 13.2. The second-order valence-corrected chi connectivity index (χ2v) is 7.84. The highest BCUT2D eigenvalue weighted by atomic mass is 19.1. The topological polar surface area (TPSA) is 73.1 Å². The van der Waals surface area contributed by atoms with Gasteiger partial charge in [-0.25, -0.2) is 14.1 Å². The molecule has 1 aliphatic heterocycles. The third kappa shape index (κ3) is 3.65. The van der Waals surface area contributed by atoms with Crippen molar-refractivity contribution in [2.24, 2.45) is 5.92 Å². The minimum absolute atomic E-state index is 0.241. The molecule has 0 N–H and O–H groups in total. The maximum Gasteiger partial charge on any atom is 0.225 e. The number of carbonyl (C=O) groups excluding carboxylic acids is 1. The fraction of sp³-hybridized carbons (Fsp3) is 0.364. The molecule has 1 fully saturated rings. The van der Waals surface area contributed by atoms with Gasteiger partial charge in [-0.15, -0.1) is 5.10 Å². The van der Waals surface area contributed by atoms with Crippen LogP contribution in [0, 0.1) is 18.7 Å². The number of carbonyl (C=O) groups is 1. The Morgan fingerprint density at radius 3 is 2.77 bits per heavy atom. The molecule has 3 aromatic rings. The smallest absolute Gasteiger partial charge is 0.225 e. The molecule has 0 radical (unpaired) electrons. The Morgan fingerprint density at radius 2 is 2.00 bits per heavy atom. The molecule has 8 heteroatoms. The summed E-state index contributed by atoms with van der Waals surface area (Å²) in [6, 6.07) is 9.91. The second-order valence-electron chi connectivity index (χ2n) is 7.84. The SMILES string of the molecule is Cc1nnn(-c2ccc(F)cc2)c1COc1ccc2c(n1)CCN(C(=O)C1CC1)C2. The molecule has 2 aliphatic rings. The summed E-state index contributed by atoms with van der Waals surface area (Å²) in [7, 11) is 0. The molecular formula is C22H22FN5O2. The number of rotatable bonds is 5. The number of hydrogen-bond acceptors (Lipinski definition) is 5. The highest BCUT2D eigenvalue weighted by Crippen LogP contribution is 2.33. The molecule has 1 aliphatic carbocycles. The Balaban J connectivity index is 1.29. The predicted octanol–water partition coefficient (Wildman–Crippen LogP) is 2.98. The number of hydrogen-bond donors (Lipinski definition) is 0. The van der Waals surface area contributed by atoms with Crippen molar-refractivity contribution in [2.45, 2.75) is 39.3 Å². The maximum atomic E-state index is 13.2. The van der Waals surface area contributed by atoms with Gasteiger partial charge in [-0.05, 0) is 49.6 Å². The van der Waals surface area contributed by atoms with Gasteiger partial charge in [0.1, 0.15) is 18.1 Å². The first-order chi connectivity index (χ1) is 14.6. The molecule has 154 valence electrons. The molecule has 1 aromatic carbocycles. The van der Waals surface area contributed by atoms with Crippen molar-refractivity contribution >= 4 is 5.91 Å². The first-order valence-electron chi connectivity index (χ1n) is 10.2. The number of ether oxygens (including phenoxy) is 1. The molecule has 0 atom stereocenters. The minimum atomic E-state index is -0.302. The van der Waals surface area contributed by atoms with Crippen LogP contribution in [0.25, 0.3) is 5.69 Å². The number of aryl methyl sites for hydroxylation is 1. The van der Waals surface area contributed by atoms with E-state index in [1.807, 2.05) is 24.0 Å². The summed E-state index contributed by atoms with van der Waals surface area (Å²) in [5.41, 5.74) is 4.30. The number of fused-ring (bicyclic) bond motifs is 1. The fourth-order valence-electron chi connectivity index (χ4n) is 3.73. The summed E-state index contributed by atoms with van der Waals surface area (Å²) < 4.78 is 20.8. The van der Waals surface area contributed by atoms with Gasteiger partial charge in [0.25, 0.3) is 0 Å². The number of aromatic nitrogens is 4. The van der Waals surface area contributed by atoms with Crippen LogP contribution in [0.4, 0.5) is 4.39 Å². The van der Waals surface area contributed by atoms with Crippen LogP contribution < -0.4 is 4.74 Å². The van der Waals surface area contributed by atoms with E-state index in [4.69, 9.17) is 4.74 Å². The lowest BCUT2D eigenvalue weighted by atomic mass is 10.1. The third-order valence-electron chi connectivity index (χ3n) is 5.65. The lowest BCUT2D eigenvalue weighted by molar-refractivity contribution is -0.133. The van der Waals surface area contributed by atoms with E-state index >= 15 is 0 Å². The van der Waals surface area contributed by atoms with Crippen LogP contribution in [0.5, 0.6) is 5.88 Å². The van der Waals surface area contributed by atoms with Crippen molar-refractivity contribution in [1.82, 2.24) is 24.9 Å². The molecule has 1 saturated carbocycles. The molecule has 0 spiro atoms. The molecule has 3 heterocycles. The quantitative estimate of drug-likeness (QED) is 0.650. The first kappa shape index (κ1) is 18.7. The Labute approximate surface area is 173 Å². The zero-order valence-corrected chi connectivity index (χ0v) is 16.7. The summed E-state index contributed by atoms with van der Waals surface area (Å²) in [4.78, 5) is 18.9. The number of amides is 1. The molecule has 0 unspecified atom stereocenters. The van der Waals surface area contributed by atoms with E-state index in [1.165, 1.54) is 12.1 Å². The minimum Gasteiger partial charge on any atom is -0.471 e. The zero-order valence-electron chi connectivity index (χ0n) is 16.7. The van der Waals surface area contributed by atoms with Gasteiger partial charge >= 0.3 is 0 Å². The molecule has 30 heavy (non-hydrogen) atoms. The Kier molecular flexibility index (Phi) is 4.69. The van der Waals surface area contributed by atoms with Gasteiger partial charge in [0.2, 0.25) is 11.8 Å². The number of nitrogens with zero attached hydrogens (tertiary/aromatic N) is 5. The molecular weight excluding hydrogens is 385 g/mol. The summed E-state index contributed by atoms with van der Waals surface area (Å²) in [6.45, 7) is 3.43. The highest BCUT2D eigenvalue weighted by molar-refractivity contribution is 5.81. The average molecular weight is 407 g/mol. The van der Waals surface area contributed by atoms with Crippen LogP contribution in [0.1, 0.15) is 35.5 Å². The molecule has 5 rings (SSSR count). The van der Waals surface area contributed by atoms with Gasteiger partial charge in [0, 0.05) is 31.5 Å². The first-order valence-corrected chi connectivity index (χ1v) is 10.2. The predicted molar refractivity (Wildman–Crippen MR) is 106 cm³/mol. The summed E-state index contributed by atoms with van der Waals surface area (Å²) in [5, 5.41) is 8.27. The van der Waals surface area contributed by atoms with Crippen molar-refractivity contribution in [3.05, 3.63) is 64.9 Å². The molecule has 7 nitrogen and oxygen atoms in total. The average Bonchev–Trinajstić information content (AvgIpc) is 3.55. The summed E-state index contributed by atoms with van der Waals surface area (Å²) in [5.74, 6) is 0.744. The lowest BCUT2D eigenvalue weighted by Crippen LogP contribution is -2.37. The summed E-state index contributed by atoms with van der Waals surface area (Å²) >= 11 is 0. The Morgan fingerprint density at radius 1 is 1.20 bits per heavy atom. The highest BCUT2D eigenvalue weighted by Gasteiger charge is 2.34.